The van der Waals surface area contributed by atoms with E-state index in [9.17, 15) is 9.59 Å². The predicted octanol–water partition coefficient (Wildman–Crippen LogP) is 1.29. The number of fused-ring (bicyclic) bond motifs is 1. The second kappa shape index (κ2) is 4.73. The first kappa shape index (κ1) is 13.4. The average molecular weight is 284 g/mol. The molecule has 0 bridgehead atoms. The van der Waals surface area contributed by atoms with E-state index >= 15 is 0 Å². The molecule has 3 N–H and O–H groups in total. The van der Waals surface area contributed by atoms with Gasteiger partial charge >= 0.3 is 0 Å². The number of carbonyl (C=O) groups is 2. The van der Waals surface area contributed by atoms with Gasteiger partial charge in [-0.25, -0.2) is 0 Å². The Kier molecular flexibility index (Phi) is 3.01. The van der Waals surface area contributed by atoms with Crippen LogP contribution < -0.4 is 11.1 Å². The third kappa shape index (κ3) is 2.18. The molecule has 1 aliphatic heterocycles. The van der Waals surface area contributed by atoms with E-state index in [0.717, 1.165) is 27.1 Å². The maximum absolute atomic E-state index is 12.0. The summed E-state index contributed by atoms with van der Waals surface area (Å²) in [5.41, 5.74) is 8.24. The Morgan fingerprint density at radius 1 is 1.33 bits per heavy atom. The molecule has 0 aliphatic carbocycles. The monoisotopic (exact) mass is 284 g/mol. The van der Waals surface area contributed by atoms with E-state index in [1.54, 1.807) is 12.3 Å². The van der Waals surface area contributed by atoms with Crippen LogP contribution in [0, 0.1) is 6.92 Å². The summed E-state index contributed by atoms with van der Waals surface area (Å²) in [6.07, 6.45) is 1.89. The molecule has 0 spiro atoms. The van der Waals surface area contributed by atoms with Gasteiger partial charge in [0, 0.05) is 41.1 Å². The molecule has 1 atom stereocenters. The zero-order valence-corrected chi connectivity index (χ0v) is 11.9. The van der Waals surface area contributed by atoms with Gasteiger partial charge in [-0.1, -0.05) is 0 Å². The Hall–Kier alpha value is -2.63. The minimum absolute atomic E-state index is 0.171. The molecule has 0 radical (unpaired) electrons. The SMILES string of the molecule is Cc1cc2c(NC3CC(=O)N(C)C3=O)ccc(N)c2cn1. The van der Waals surface area contributed by atoms with Crippen molar-refractivity contribution in [2.75, 3.05) is 18.1 Å². The lowest BCUT2D eigenvalue weighted by atomic mass is 10.1. The molecule has 6 nitrogen and oxygen atoms in total. The third-order valence-corrected chi connectivity index (χ3v) is 3.78. The lowest BCUT2D eigenvalue weighted by Crippen LogP contribution is -2.31. The molecular weight excluding hydrogens is 268 g/mol. The first-order chi connectivity index (χ1) is 9.97. The van der Waals surface area contributed by atoms with E-state index in [2.05, 4.69) is 10.3 Å². The number of carbonyl (C=O) groups excluding carboxylic acids is 2. The smallest absolute Gasteiger partial charge is 0.251 e. The lowest BCUT2D eigenvalue weighted by Gasteiger charge is -2.15. The average Bonchev–Trinajstić information content (AvgIpc) is 2.69. The molecule has 2 aromatic rings. The second-order valence-corrected chi connectivity index (χ2v) is 5.27. The van der Waals surface area contributed by atoms with Gasteiger partial charge in [-0.3, -0.25) is 19.5 Å². The highest BCUT2D eigenvalue weighted by Gasteiger charge is 2.36. The summed E-state index contributed by atoms with van der Waals surface area (Å²) in [4.78, 5) is 29.0. The molecule has 1 unspecified atom stereocenters. The molecule has 1 fully saturated rings. The molecule has 1 aromatic heterocycles. The highest BCUT2D eigenvalue weighted by atomic mass is 16.2. The summed E-state index contributed by atoms with van der Waals surface area (Å²) in [7, 11) is 1.50. The van der Waals surface area contributed by atoms with Crippen molar-refractivity contribution in [3.05, 3.63) is 30.1 Å². The normalized spacial score (nSPS) is 18.6. The number of likely N-dealkylation sites (N-methyl/N-ethyl adjacent to an activating group) is 1. The van der Waals surface area contributed by atoms with Crippen LogP contribution in [0.1, 0.15) is 12.1 Å². The highest BCUT2D eigenvalue weighted by molar-refractivity contribution is 6.08. The molecule has 1 aliphatic rings. The number of amides is 2. The number of rotatable bonds is 2. The Labute approximate surface area is 121 Å². The molecular formula is C15H16N4O2. The fraction of sp³-hybridized carbons (Fsp3) is 0.267. The number of nitrogens with two attached hydrogens (primary N) is 1. The molecule has 1 aromatic carbocycles. The zero-order valence-electron chi connectivity index (χ0n) is 11.9. The van der Waals surface area contributed by atoms with Crippen molar-refractivity contribution in [3.8, 4) is 0 Å². The highest BCUT2D eigenvalue weighted by Crippen LogP contribution is 2.30. The van der Waals surface area contributed by atoms with Crippen LogP contribution >= 0.6 is 0 Å². The number of nitrogens with one attached hydrogen (secondary N) is 1. The van der Waals surface area contributed by atoms with Crippen LogP contribution in [-0.2, 0) is 9.59 Å². The van der Waals surface area contributed by atoms with Crippen molar-refractivity contribution in [2.24, 2.45) is 0 Å². The topological polar surface area (TPSA) is 88.3 Å². The fourth-order valence-corrected chi connectivity index (χ4v) is 2.55. The first-order valence-electron chi connectivity index (χ1n) is 6.69. The van der Waals surface area contributed by atoms with E-state index in [4.69, 9.17) is 5.73 Å². The number of likely N-dealkylation sites (tertiary alicyclic amines) is 1. The molecule has 2 heterocycles. The number of imide groups is 1. The number of hydrogen-bond acceptors (Lipinski definition) is 5. The molecule has 21 heavy (non-hydrogen) atoms. The van der Waals surface area contributed by atoms with Crippen molar-refractivity contribution in [1.82, 2.24) is 9.88 Å². The van der Waals surface area contributed by atoms with Crippen molar-refractivity contribution in [1.29, 1.82) is 0 Å². The summed E-state index contributed by atoms with van der Waals surface area (Å²) in [6, 6.07) is 4.99. The Bertz CT molecular complexity index is 757. The largest absolute Gasteiger partial charge is 0.398 e. The number of pyridine rings is 1. The second-order valence-electron chi connectivity index (χ2n) is 5.27. The van der Waals surface area contributed by atoms with Gasteiger partial charge < -0.3 is 11.1 Å². The summed E-state index contributed by atoms with van der Waals surface area (Å²) in [5, 5.41) is 4.88. The molecule has 2 amide bonds. The van der Waals surface area contributed by atoms with Crippen LogP contribution in [0.25, 0.3) is 10.8 Å². The Morgan fingerprint density at radius 3 is 2.76 bits per heavy atom. The van der Waals surface area contributed by atoms with Crippen LogP contribution in [-0.4, -0.2) is 34.8 Å². The minimum Gasteiger partial charge on any atom is -0.398 e. The molecule has 108 valence electrons. The Balaban J connectivity index is 2.02. The van der Waals surface area contributed by atoms with Gasteiger partial charge in [-0.2, -0.15) is 0 Å². The Morgan fingerprint density at radius 2 is 2.10 bits per heavy atom. The van der Waals surface area contributed by atoms with Crippen molar-refractivity contribution >= 4 is 34.0 Å². The van der Waals surface area contributed by atoms with Gasteiger partial charge in [0.2, 0.25) is 5.91 Å². The van der Waals surface area contributed by atoms with E-state index in [1.807, 2.05) is 19.1 Å². The molecule has 3 rings (SSSR count). The number of nitrogen functional groups attached to an aromatic ring is 1. The van der Waals surface area contributed by atoms with Gasteiger partial charge in [-0.05, 0) is 25.1 Å². The molecule has 6 heteroatoms. The number of benzene rings is 1. The van der Waals surface area contributed by atoms with Crippen LogP contribution in [0.4, 0.5) is 11.4 Å². The summed E-state index contributed by atoms with van der Waals surface area (Å²) in [5.74, 6) is -0.383. The molecule has 0 saturated carbocycles. The summed E-state index contributed by atoms with van der Waals surface area (Å²) < 4.78 is 0. The zero-order chi connectivity index (χ0) is 15.1. The number of aromatic nitrogens is 1. The summed E-state index contributed by atoms with van der Waals surface area (Å²) in [6.45, 7) is 1.89. The van der Waals surface area contributed by atoms with Gasteiger partial charge in [0.15, 0.2) is 0 Å². The third-order valence-electron chi connectivity index (χ3n) is 3.78. The quantitative estimate of drug-likeness (QED) is 0.641. The maximum atomic E-state index is 12.0. The van der Waals surface area contributed by atoms with Gasteiger partial charge in [0.1, 0.15) is 6.04 Å². The van der Waals surface area contributed by atoms with Crippen LogP contribution in [0.15, 0.2) is 24.4 Å². The van der Waals surface area contributed by atoms with Crippen molar-refractivity contribution in [2.45, 2.75) is 19.4 Å². The van der Waals surface area contributed by atoms with Gasteiger partial charge in [-0.15, -0.1) is 0 Å². The van der Waals surface area contributed by atoms with E-state index < -0.39 is 6.04 Å². The molecule has 1 saturated heterocycles. The lowest BCUT2D eigenvalue weighted by molar-refractivity contribution is -0.136. The number of nitrogens with zero attached hydrogens (tertiary/aromatic N) is 2. The van der Waals surface area contributed by atoms with Crippen molar-refractivity contribution in [3.63, 3.8) is 0 Å². The standard InChI is InChI=1S/C15H16N4O2/c1-8-5-9-10(7-17-8)11(16)3-4-12(9)18-13-6-14(20)19(2)15(13)21/h3-5,7,13,18H,6,16H2,1-2H3. The number of hydrogen-bond donors (Lipinski definition) is 2. The van der Waals surface area contributed by atoms with E-state index in [0.29, 0.717) is 5.69 Å². The van der Waals surface area contributed by atoms with Gasteiger partial charge in [0.25, 0.3) is 5.91 Å². The van der Waals surface area contributed by atoms with E-state index in [1.165, 1.54) is 7.05 Å². The van der Waals surface area contributed by atoms with Crippen LogP contribution in [0.3, 0.4) is 0 Å². The minimum atomic E-state index is -0.525. The predicted molar refractivity (Wildman–Crippen MR) is 80.7 cm³/mol. The van der Waals surface area contributed by atoms with Crippen LogP contribution in [0.5, 0.6) is 0 Å². The number of aryl methyl sites for hydroxylation is 1. The fourth-order valence-electron chi connectivity index (χ4n) is 2.55. The van der Waals surface area contributed by atoms with Crippen molar-refractivity contribution < 1.29 is 9.59 Å². The maximum Gasteiger partial charge on any atom is 0.251 e. The number of anilines is 2. The van der Waals surface area contributed by atoms with Gasteiger partial charge in [0.05, 0.1) is 6.42 Å². The van der Waals surface area contributed by atoms with E-state index in [-0.39, 0.29) is 18.2 Å². The summed E-state index contributed by atoms with van der Waals surface area (Å²) >= 11 is 0. The van der Waals surface area contributed by atoms with Crippen LogP contribution in [0.2, 0.25) is 0 Å². The first-order valence-corrected chi connectivity index (χ1v) is 6.69.